The molecule has 0 atom stereocenters. The van der Waals surface area contributed by atoms with Gasteiger partial charge in [0.1, 0.15) is 5.82 Å². The molecule has 1 heterocycles. The Morgan fingerprint density at radius 3 is 2.17 bits per heavy atom. The zero-order chi connectivity index (χ0) is 17.0. The van der Waals surface area contributed by atoms with Crippen LogP contribution in [0.25, 0.3) is 0 Å². The molecular formula is C17H23BFNO3. The number of rotatable bonds is 3. The van der Waals surface area contributed by atoms with Crippen molar-refractivity contribution in [2.24, 2.45) is 0 Å². The van der Waals surface area contributed by atoms with E-state index in [1.807, 2.05) is 34.6 Å². The van der Waals surface area contributed by atoms with E-state index in [1.54, 1.807) is 6.07 Å². The Morgan fingerprint density at radius 1 is 1.13 bits per heavy atom. The summed E-state index contributed by atoms with van der Waals surface area (Å²) in [6.45, 7) is 9.74. The number of nitrogens with one attached hydrogen (secondary N) is 1. The summed E-state index contributed by atoms with van der Waals surface area (Å²) >= 11 is 0. The molecular weight excluding hydrogens is 296 g/mol. The lowest BCUT2D eigenvalue weighted by atomic mass is 9.78. The Hall–Kier alpha value is -1.40. The first-order valence-electron chi connectivity index (χ1n) is 8.01. The van der Waals surface area contributed by atoms with Crippen molar-refractivity contribution in [3.05, 3.63) is 29.6 Å². The molecule has 1 aromatic rings. The summed E-state index contributed by atoms with van der Waals surface area (Å²) in [5.74, 6) is -0.929. The Morgan fingerprint density at radius 2 is 1.70 bits per heavy atom. The van der Waals surface area contributed by atoms with Crippen LogP contribution < -0.4 is 10.8 Å². The van der Waals surface area contributed by atoms with Gasteiger partial charge in [-0.2, -0.15) is 0 Å². The SMILES string of the molecule is CC1(NC(=O)c2ccc(B3OC(C)(C)C(C)(C)O3)cc2F)CC1. The Labute approximate surface area is 136 Å². The minimum absolute atomic E-state index is 0.0541. The van der Waals surface area contributed by atoms with Crippen molar-refractivity contribution in [3.63, 3.8) is 0 Å². The maximum Gasteiger partial charge on any atom is 0.494 e. The van der Waals surface area contributed by atoms with Crippen molar-refractivity contribution in [2.75, 3.05) is 0 Å². The number of hydrogen-bond acceptors (Lipinski definition) is 3. The average Bonchev–Trinajstić information content (AvgIpc) is 3.08. The highest BCUT2D eigenvalue weighted by atomic mass is 19.1. The highest BCUT2D eigenvalue weighted by Gasteiger charge is 2.51. The third kappa shape index (κ3) is 3.02. The van der Waals surface area contributed by atoms with Gasteiger partial charge in [-0.1, -0.05) is 6.07 Å². The Bertz CT molecular complexity index is 639. The van der Waals surface area contributed by atoms with Crippen molar-refractivity contribution < 1.29 is 18.5 Å². The molecule has 1 amide bonds. The summed E-state index contributed by atoms with van der Waals surface area (Å²) in [5, 5.41) is 2.86. The fourth-order valence-corrected chi connectivity index (χ4v) is 2.50. The summed E-state index contributed by atoms with van der Waals surface area (Å²) in [6, 6.07) is 4.51. The first-order valence-corrected chi connectivity index (χ1v) is 8.01. The second kappa shape index (κ2) is 5.05. The van der Waals surface area contributed by atoms with Crippen molar-refractivity contribution in [1.82, 2.24) is 5.32 Å². The van der Waals surface area contributed by atoms with Crippen LogP contribution in [0.5, 0.6) is 0 Å². The van der Waals surface area contributed by atoms with E-state index in [1.165, 1.54) is 12.1 Å². The number of amides is 1. The van der Waals surface area contributed by atoms with Crippen LogP contribution in [0.15, 0.2) is 18.2 Å². The standard InChI is InChI=1S/C17H23BFNO3/c1-15(2)16(3,4)23-18(22-15)11-6-7-12(13(19)10-11)14(21)20-17(5)8-9-17/h6-7,10H,8-9H2,1-5H3,(H,20,21). The second-order valence-corrected chi connectivity index (χ2v) is 7.84. The molecule has 6 heteroatoms. The van der Waals surface area contributed by atoms with Crippen LogP contribution in [0.1, 0.15) is 57.8 Å². The Balaban J connectivity index is 1.79. The third-order valence-corrected chi connectivity index (χ3v) is 5.18. The molecule has 0 spiro atoms. The van der Waals surface area contributed by atoms with Crippen LogP contribution in [0.4, 0.5) is 4.39 Å². The number of carbonyl (C=O) groups is 1. The number of hydrogen-bond donors (Lipinski definition) is 1. The normalized spacial score (nSPS) is 23.7. The van der Waals surface area contributed by atoms with Crippen LogP contribution in [0.3, 0.4) is 0 Å². The molecule has 3 rings (SSSR count). The summed E-state index contributed by atoms with van der Waals surface area (Å²) < 4.78 is 26.2. The van der Waals surface area contributed by atoms with E-state index in [4.69, 9.17) is 9.31 Å². The zero-order valence-corrected chi connectivity index (χ0v) is 14.3. The van der Waals surface area contributed by atoms with Gasteiger partial charge in [0.2, 0.25) is 0 Å². The highest BCUT2D eigenvalue weighted by Crippen LogP contribution is 2.37. The lowest BCUT2D eigenvalue weighted by Gasteiger charge is -2.32. The number of halogens is 1. The maximum absolute atomic E-state index is 14.4. The van der Waals surface area contributed by atoms with Crippen molar-refractivity contribution in [3.8, 4) is 0 Å². The number of benzene rings is 1. The van der Waals surface area contributed by atoms with Gasteiger partial charge in [-0.05, 0) is 65.1 Å². The number of carbonyl (C=O) groups excluding carboxylic acids is 1. The van der Waals surface area contributed by atoms with Gasteiger partial charge in [-0.15, -0.1) is 0 Å². The minimum Gasteiger partial charge on any atom is -0.399 e. The van der Waals surface area contributed by atoms with E-state index in [-0.39, 0.29) is 17.0 Å². The largest absolute Gasteiger partial charge is 0.494 e. The molecule has 23 heavy (non-hydrogen) atoms. The van der Waals surface area contributed by atoms with Crippen LogP contribution >= 0.6 is 0 Å². The predicted octanol–water partition coefficient (Wildman–Crippen LogP) is 2.41. The quantitative estimate of drug-likeness (QED) is 0.871. The molecule has 2 aliphatic rings. The first kappa shape index (κ1) is 16.5. The monoisotopic (exact) mass is 319 g/mol. The molecule has 1 aliphatic carbocycles. The van der Waals surface area contributed by atoms with E-state index in [2.05, 4.69) is 5.32 Å². The summed E-state index contributed by atoms with van der Waals surface area (Å²) in [6.07, 6.45) is 1.87. The molecule has 1 N–H and O–H groups in total. The fraction of sp³-hybridized carbons (Fsp3) is 0.588. The molecule has 4 nitrogen and oxygen atoms in total. The molecule has 2 fully saturated rings. The third-order valence-electron chi connectivity index (χ3n) is 5.18. The van der Waals surface area contributed by atoms with Crippen molar-refractivity contribution >= 4 is 18.5 Å². The molecule has 0 unspecified atom stereocenters. The molecule has 0 radical (unpaired) electrons. The van der Waals surface area contributed by atoms with Crippen LogP contribution in [0.2, 0.25) is 0 Å². The minimum atomic E-state index is -0.632. The molecule has 1 aliphatic heterocycles. The summed E-state index contributed by atoms with van der Waals surface area (Å²) in [5.41, 5.74) is -0.502. The van der Waals surface area contributed by atoms with E-state index >= 15 is 0 Å². The first-order chi connectivity index (χ1) is 10.5. The highest BCUT2D eigenvalue weighted by molar-refractivity contribution is 6.62. The van der Waals surface area contributed by atoms with Crippen LogP contribution in [0, 0.1) is 5.82 Å². The van der Waals surface area contributed by atoms with Gasteiger partial charge in [0.25, 0.3) is 5.91 Å². The van der Waals surface area contributed by atoms with Crippen LogP contribution in [-0.2, 0) is 9.31 Å². The molecule has 1 saturated heterocycles. The second-order valence-electron chi connectivity index (χ2n) is 7.84. The van der Waals surface area contributed by atoms with Gasteiger partial charge >= 0.3 is 7.12 Å². The van der Waals surface area contributed by atoms with Crippen molar-refractivity contribution in [1.29, 1.82) is 0 Å². The summed E-state index contributed by atoms with van der Waals surface area (Å²) in [4.78, 5) is 12.1. The smallest absolute Gasteiger partial charge is 0.399 e. The average molecular weight is 319 g/mol. The van der Waals surface area contributed by atoms with Gasteiger partial charge in [-0.25, -0.2) is 4.39 Å². The van der Waals surface area contributed by atoms with Gasteiger partial charge in [0.15, 0.2) is 0 Å². The Kier molecular flexibility index (Phi) is 3.61. The van der Waals surface area contributed by atoms with Crippen LogP contribution in [-0.4, -0.2) is 29.8 Å². The molecule has 0 aromatic heterocycles. The van der Waals surface area contributed by atoms with E-state index < -0.39 is 24.1 Å². The van der Waals surface area contributed by atoms with E-state index in [9.17, 15) is 9.18 Å². The van der Waals surface area contributed by atoms with E-state index in [0.717, 1.165) is 12.8 Å². The van der Waals surface area contributed by atoms with Gasteiger partial charge in [0, 0.05) is 5.54 Å². The van der Waals surface area contributed by atoms with Gasteiger partial charge in [-0.3, -0.25) is 4.79 Å². The topological polar surface area (TPSA) is 47.6 Å². The van der Waals surface area contributed by atoms with Crippen molar-refractivity contribution in [2.45, 2.75) is 64.2 Å². The molecule has 124 valence electrons. The summed E-state index contributed by atoms with van der Waals surface area (Å²) in [7, 11) is -0.632. The molecule has 1 saturated carbocycles. The molecule has 0 bridgehead atoms. The zero-order valence-electron chi connectivity index (χ0n) is 14.3. The predicted molar refractivity (Wildman–Crippen MR) is 87.2 cm³/mol. The molecule has 1 aromatic carbocycles. The van der Waals surface area contributed by atoms with Gasteiger partial charge < -0.3 is 14.6 Å². The lowest BCUT2D eigenvalue weighted by molar-refractivity contribution is 0.00578. The maximum atomic E-state index is 14.4. The fourth-order valence-electron chi connectivity index (χ4n) is 2.50. The van der Waals surface area contributed by atoms with E-state index in [0.29, 0.717) is 5.46 Å². The van der Waals surface area contributed by atoms with Gasteiger partial charge in [0.05, 0.1) is 16.8 Å². The lowest BCUT2D eigenvalue weighted by Crippen LogP contribution is -2.41.